The lowest BCUT2D eigenvalue weighted by Crippen LogP contribution is -2.60. The van der Waals surface area contributed by atoms with Crippen molar-refractivity contribution >= 4 is 54.0 Å². The summed E-state index contributed by atoms with van der Waals surface area (Å²) in [5, 5.41) is 1.84. The van der Waals surface area contributed by atoms with E-state index in [4.69, 9.17) is 22.1 Å². The fraction of sp³-hybridized carbons (Fsp3) is 0.207. The van der Waals surface area contributed by atoms with Gasteiger partial charge in [0.1, 0.15) is 11.8 Å². The number of ether oxygens (including phenoxy) is 1. The fourth-order valence-corrected chi connectivity index (χ4v) is 8.02. The summed E-state index contributed by atoms with van der Waals surface area (Å²) in [5.74, 6) is -4.56. The first-order chi connectivity index (χ1) is 20.7. The van der Waals surface area contributed by atoms with Crippen molar-refractivity contribution in [3.05, 3.63) is 89.5 Å². The number of fused-ring (bicyclic) bond motifs is 1. The molecular weight excluding hydrogens is 638 g/mol. The van der Waals surface area contributed by atoms with E-state index in [-0.39, 0.29) is 17.2 Å². The van der Waals surface area contributed by atoms with Crippen molar-refractivity contribution in [2.75, 3.05) is 38.6 Å². The molecule has 0 aromatic heterocycles. The highest BCUT2D eigenvalue weighted by atomic mass is 35.5. The van der Waals surface area contributed by atoms with Gasteiger partial charge >= 0.3 is 0 Å². The molecule has 0 saturated carbocycles. The third-order valence-electron chi connectivity index (χ3n) is 7.18. The van der Waals surface area contributed by atoms with E-state index in [1.807, 2.05) is 37.2 Å². The molecule has 10 nitrogen and oxygen atoms in total. The van der Waals surface area contributed by atoms with E-state index in [1.54, 1.807) is 6.07 Å². The third-order valence-corrected chi connectivity index (χ3v) is 11.2. The molecule has 5 rings (SSSR count). The van der Waals surface area contributed by atoms with Gasteiger partial charge < -0.3 is 15.4 Å². The summed E-state index contributed by atoms with van der Waals surface area (Å²) < 4.78 is 91.1. The predicted molar refractivity (Wildman–Crippen MR) is 162 cm³/mol. The average molecular weight is 665 g/mol. The van der Waals surface area contributed by atoms with Crippen LogP contribution in [0.15, 0.2) is 82.6 Å². The highest BCUT2D eigenvalue weighted by molar-refractivity contribution is 7.89. The highest BCUT2D eigenvalue weighted by Gasteiger charge is 2.43. The molecule has 0 radical (unpaired) electrons. The molecule has 4 aromatic carbocycles. The molecule has 0 aliphatic carbocycles. The number of amides is 1. The van der Waals surface area contributed by atoms with Gasteiger partial charge in [-0.25, -0.2) is 25.6 Å². The number of anilines is 1. The van der Waals surface area contributed by atoms with Crippen LogP contribution in [-0.4, -0.2) is 71.1 Å². The number of hydrogen-bond acceptors (Lipinski definition) is 7. The van der Waals surface area contributed by atoms with Crippen molar-refractivity contribution in [1.82, 2.24) is 8.61 Å². The SMILES string of the molecule is CN(C)c1ccc2ccc(S(=O)(=O)N3CCN(S(=O)(=O)c4cc(F)c(Oc5ccc(Cl)cc5)c(F)c4)[C@@H](C(N)=O)C3)cc2c1. The molecule has 1 amide bonds. The maximum Gasteiger partial charge on any atom is 0.244 e. The third kappa shape index (κ3) is 6.08. The second-order valence-corrected chi connectivity index (χ2v) is 14.5. The number of rotatable bonds is 8. The Morgan fingerprint density at radius 3 is 2.11 bits per heavy atom. The summed E-state index contributed by atoms with van der Waals surface area (Å²) >= 11 is 5.81. The van der Waals surface area contributed by atoms with E-state index in [1.165, 1.54) is 36.4 Å². The van der Waals surface area contributed by atoms with E-state index in [9.17, 15) is 30.4 Å². The monoisotopic (exact) mass is 664 g/mol. The topological polar surface area (TPSA) is 130 Å². The Morgan fingerprint density at radius 1 is 0.864 bits per heavy atom. The zero-order valence-corrected chi connectivity index (χ0v) is 25.8. The summed E-state index contributed by atoms with van der Waals surface area (Å²) in [6.07, 6.45) is 0. The number of primary amides is 1. The second-order valence-electron chi connectivity index (χ2n) is 10.3. The summed E-state index contributed by atoms with van der Waals surface area (Å²) in [6, 6.07) is 15.2. The smallest absolute Gasteiger partial charge is 0.244 e. The number of halogens is 3. The van der Waals surface area contributed by atoms with Crippen LogP contribution in [-0.2, 0) is 24.8 Å². The summed E-state index contributed by atoms with van der Waals surface area (Å²) in [5.41, 5.74) is 6.39. The molecule has 0 unspecified atom stereocenters. The summed E-state index contributed by atoms with van der Waals surface area (Å²) in [7, 11) is -5.21. The Bertz CT molecular complexity index is 1950. The number of nitrogens with two attached hydrogens (primary N) is 1. The Hall–Kier alpha value is -3.82. The summed E-state index contributed by atoms with van der Waals surface area (Å²) in [6.45, 7) is -1.45. The number of benzene rings is 4. The van der Waals surface area contributed by atoms with Crippen LogP contribution in [0, 0.1) is 11.6 Å². The standard InChI is InChI=1S/C29H27ClF2N4O6S2/c1-34(2)21-7-3-18-4-10-23(14-19(18)13-21)43(38,39)35-11-12-36(27(17-35)29(33)37)44(40,41)24-15-25(31)28(26(32)16-24)42-22-8-5-20(30)6-9-22/h3-10,13-16,27H,11-12,17H2,1-2H3,(H2,33,37)/t27-/m1/s1. The van der Waals surface area contributed by atoms with Crippen molar-refractivity contribution in [3.8, 4) is 11.5 Å². The van der Waals surface area contributed by atoms with Crippen LogP contribution in [0.25, 0.3) is 10.8 Å². The number of sulfonamides is 2. The van der Waals surface area contributed by atoms with Gasteiger partial charge in [0, 0.05) is 44.4 Å². The largest absolute Gasteiger partial charge is 0.451 e. The first kappa shape index (κ1) is 31.6. The van der Waals surface area contributed by atoms with Gasteiger partial charge in [0.15, 0.2) is 17.4 Å². The van der Waals surface area contributed by atoms with Crippen LogP contribution in [0.1, 0.15) is 0 Å². The highest BCUT2D eigenvalue weighted by Crippen LogP contribution is 2.33. The Labute approximate surface area is 258 Å². The van der Waals surface area contributed by atoms with Crippen molar-refractivity contribution in [2.24, 2.45) is 5.73 Å². The number of nitrogens with zero attached hydrogens (tertiary/aromatic N) is 3. The van der Waals surface area contributed by atoms with Gasteiger partial charge in [-0.2, -0.15) is 8.61 Å². The number of piperazine rings is 1. The molecule has 4 aromatic rings. The van der Waals surface area contributed by atoms with E-state index < -0.39 is 67.4 Å². The van der Waals surface area contributed by atoms with Gasteiger partial charge in [0.05, 0.1) is 9.79 Å². The summed E-state index contributed by atoms with van der Waals surface area (Å²) in [4.78, 5) is 13.5. The lowest BCUT2D eigenvalue weighted by molar-refractivity contribution is -0.122. The zero-order chi connectivity index (χ0) is 32.0. The van der Waals surface area contributed by atoms with Gasteiger partial charge in [-0.3, -0.25) is 4.79 Å². The lowest BCUT2D eigenvalue weighted by Gasteiger charge is -2.38. The molecule has 232 valence electrons. The minimum atomic E-state index is -4.72. The molecular formula is C29H27ClF2N4O6S2. The van der Waals surface area contributed by atoms with Crippen LogP contribution in [0.3, 0.4) is 0 Å². The minimum Gasteiger partial charge on any atom is -0.451 e. The van der Waals surface area contributed by atoms with Gasteiger partial charge in [-0.05, 0) is 71.4 Å². The van der Waals surface area contributed by atoms with Crippen molar-refractivity contribution in [2.45, 2.75) is 15.8 Å². The fourth-order valence-electron chi connectivity index (χ4n) is 4.82. The minimum absolute atomic E-state index is 0.0542. The lowest BCUT2D eigenvalue weighted by atomic mass is 10.1. The van der Waals surface area contributed by atoms with Gasteiger partial charge in [0.2, 0.25) is 26.0 Å². The number of carbonyl (C=O) groups excluding carboxylic acids is 1. The molecule has 1 saturated heterocycles. The molecule has 1 atom stereocenters. The average Bonchev–Trinajstić information content (AvgIpc) is 2.98. The maximum absolute atomic E-state index is 15.0. The Kier molecular flexibility index (Phi) is 8.57. The quantitative estimate of drug-likeness (QED) is 0.299. The van der Waals surface area contributed by atoms with Gasteiger partial charge in [-0.1, -0.05) is 23.7 Å². The van der Waals surface area contributed by atoms with Crippen LogP contribution in [0.4, 0.5) is 14.5 Å². The van der Waals surface area contributed by atoms with Gasteiger partial charge in [0.25, 0.3) is 0 Å². The molecule has 15 heteroatoms. The van der Waals surface area contributed by atoms with Crippen LogP contribution < -0.4 is 15.4 Å². The van der Waals surface area contributed by atoms with Crippen LogP contribution in [0.2, 0.25) is 5.02 Å². The van der Waals surface area contributed by atoms with Crippen LogP contribution >= 0.6 is 11.6 Å². The molecule has 1 aliphatic heterocycles. The zero-order valence-electron chi connectivity index (χ0n) is 23.4. The predicted octanol–water partition coefficient (Wildman–Crippen LogP) is 4.18. The van der Waals surface area contributed by atoms with Crippen molar-refractivity contribution in [1.29, 1.82) is 0 Å². The Morgan fingerprint density at radius 2 is 1.50 bits per heavy atom. The first-order valence-corrected chi connectivity index (χ1v) is 16.4. The molecule has 1 heterocycles. The van der Waals surface area contributed by atoms with Gasteiger partial charge in [-0.15, -0.1) is 0 Å². The molecule has 44 heavy (non-hydrogen) atoms. The number of carbonyl (C=O) groups is 1. The number of hydrogen-bond donors (Lipinski definition) is 1. The molecule has 1 fully saturated rings. The van der Waals surface area contributed by atoms with E-state index >= 15 is 0 Å². The molecule has 2 N–H and O–H groups in total. The molecule has 1 aliphatic rings. The van der Waals surface area contributed by atoms with E-state index in [0.29, 0.717) is 26.8 Å². The van der Waals surface area contributed by atoms with Crippen LogP contribution in [0.5, 0.6) is 11.5 Å². The maximum atomic E-state index is 15.0. The Balaban J connectivity index is 1.41. The normalized spacial score (nSPS) is 16.6. The van der Waals surface area contributed by atoms with E-state index in [0.717, 1.165) is 15.4 Å². The van der Waals surface area contributed by atoms with E-state index in [2.05, 4.69) is 0 Å². The molecule has 0 bridgehead atoms. The first-order valence-electron chi connectivity index (χ1n) is 13.1. The van der Waals surface area contributed by atoms with Crippen molar-refractivity contribution in [3.63, 3.8) is 0 Å². The second kappa shape index (κ2) is 11.9. The van der Waals surface area contributed by atoms with Crippen molar-refractivity contribution < 1.29 is 35.1 Å². The molecule has 0 spiro atoms.